The maximum atomic E-state index is 12.1. The topological polar surface area (TPSA) is 64.9 Å². The lowest BCUT2D eigenvalue weighted by atomic mass is 10.2. The van der Waals surface area contributed by atoms with Gasteiger partial charge in [0.1, 0.15) is 12.1 Å². The molecule has 0 saturated heterocycles. The van der Waals surface area contributed by atoms with Gasteiger partial charge in [-0.25, -0.2) is 0 Å². The molecule has 0 spiro atoms. The smallest absolute Gasteiger partial charge is 0.242 e. The minimum absolute atomic E-state index is 0.107. The van der Waals surface area contributed by atoms with E-state index in [1.165, 1.54) is 0 Å². The lowest BCUT2D eigenvalue weighted by Crippen LogP contribution is -2.37. The molecular formula is C17H16ClN3O. The Morgan fingerprint density at radius 3 is 2.64 bits per heavy atom. The summed E-state index contributed by atoms with van der Waals surface area (Å²) in [6.45, 7) is 2.26. The Morgan fingerprint density at radius 1 is 1.27 bits per heavy atom. The van der Waals surface area contributed by atoms with Crippen LogP contribution in [0.3, 0.4) is 0 Å². The largest absolute Gasteiger partial charge is 0.374 e. The van der Waals surface area contributed by atoms with Crippen LogP contribution in [0.25, 0.3) is 0 Å². The third-order valence-corrected chi connectivity index (χ3v) is 3.49. The average molecular weight is 314 g/mol. The van der Waals surface area contributed by atoms with Crippen molar-refractivity contribution in [3.05, 3.63) is 64.7 Å². The van der Waals surface area contributed by atoms with Gasteiger partial charge in [0, 0.05) is 12.2 Å². The van der Waals surface area contributed by atoms with E-state index in [9.17, 15) is 4.79 Å². The van der Waals surface area contributed by atoms with Crippen molar-refractivity contribution in [2.24, 2.45) is 0 Å². The molecule has 2 aromatic carbocycles. The van der Waals surface area contributed by atoms with Crippen molar-refractivity contribution in [2.45, 2.75) is 19.5 Å². The Morgan fingerprint density at radius 2 is 2.00 bits per heavy atom. The van der Waals surface area contributed by atoms with Crippen LogP contribution in [0.4, 0.5) is 5.69 Å². The fraction of sp³-hybridized carbons (Fsp3) is 0.176. The first-order valence-electron chi connectivity index (χ1n) is 6.88. The molecular weight excluding hydrogens is 298 g/mol. The Labute approximate surface area is 134 Å². The highest BCUT2D eigenvalue weighted by molar-refractivity contribution is 6.32. The molecule has 0 aliphatic rings. The fourth-order valence-electron chi connectivity index (χ4n) is 1.95. The zero-order valence-corrected chi connectivity index (χ0v) is 12.9. The van der Waals surface area contributed by atoms with Gasteiger partial charge in [0.15, 0.2) is 0 Å². The molecule has 2 aromatic rings. The Hall–Kier alpha value is -2.51. The monoisotopic (exact) mass is 313 g/mol. The number of nitrogens with one attached hydrogen (secondary N) is 2. The molecule has 22 heavy (non-hydrogen) atoms. The summed E-state index contributed by atoms with van der Waals surface area (Å²) >= 11 is 5.97. The highest BCUT2D eigenvalue weighted by Gasteiger charge is 2.12. The van der Waals surface area contributed by atoms with Gasteiger partial charge < -0.3 is 10.6 Å². The van der Waals surface area contributed by atoms with E-state index in [0.717, 1.165) is 5.56 Å². The molecule has 112 valence electrons. The highest BCUT2D eigenvalue weighted by Crippen LogP contribution is 2.20. The third-order valence-electron chi connectivity index (χ3n) is 3.18. The fourth-order valence-corrected chi connectivity index (χ4v) is 2.17. The van der Waals surface area contributed by atoms with Crippen LogP contribution in [-0.4, -0.2) is 11.9 Å². The molecule has 5 heteroatoms. The number of nitrogens with zero attached hydrogens (tertiary/aromatic N) is 1. The number of carbonyl (C=O) groups is 1. The van der Waals surface area contributed by atoms with Gasteiger partial charge in [-0.1, -0.05) is 41.9 Å². The number of hydrogen-bond donors (Lipinski definition) is 2. The van der Waals surface area contributed by atoms with Crippen LogP contribution < -0.4 is 10.6 Å². The zero-order chi connectivity index (χ0) is 15.9. The van der Waals surface area contributed by atoms with E-state index in [2.05, 4.69) is 10.6 Å². The van der Waals surface area contributed by atoms with Gasteiger partial charge in [0.05, 0.1) is 10.6 Å². The molecule has 0 saturated carbocycles. The normalized spacial score (nSPS) is 11.3. The van der Waals surface area contributed by atoms with E-state index >= 15 is 0 Å². The second-order valence-electron chi connectivity index (χ2n) is 4.88. The van der Waals surface area contributed by atoms with Crippen molar-refractivity contribution in [1.29, 1.82) is 5.26 Å². The first kappa shape index (κ1) is 15.9. The molecule has 2 rings (SSSR count). The number of nitriles is 1. The number of benzene rings is 2. The molecule has 0 fully saturated rings. The zero-order valence-electron chi connectivity index (χ0n) is 12.1. The molecule has 0 radical (unpaired) electrons. The summed E-state index contributed by atoms with van der Waals surface area (Å²) in [6, 6.07) is 16.3. The molecule has 0 aliphatic carbocycles. The summed E-state index contributed by atoms with van der Waals surface area (Å²) in [5.74, 6) is -0.107. The first-order chi connectivity index (χ1) is 10.6. The van der Waals surface area contributed by atoms with Crippen molar-refractivity contribution < 1.29 is 4.79 Å². The molecule has 0 bridgehead atoms. The van der Waals surface area contributed by atoms with Crippen molar-refractivity contribution in [3.8, 4) is 6.07 Å². The lowest BCUT2D eigenvalue weighted by molar-refractivity contribution is -0.121. The summed E-state index contributed by atoms with van der Waals surface area (Å²) in [5.41, 5.74) is 2.16. The Balaban J connectivity index is 1.91. The number of hydrogen-bond acceptors (Lipinski definition) is 3. The van der Waals surface area contributed by atoms with Crippen molar-refractivity contribution in [2.75, 3.05) is 5.32 Å². The minimum Gasteiger partial charge on any atom is -0.374 e. The summed E-state index contributed by atoms with van der Waals surface area (Å²) in [4.78, 5) is 12.1. The standard InChI is InChI=1S/C17H16ClN3O/c1-12(17(22)20-11-13-5-3-2-4-6-13)21-15-8-7-14(10-19)16(18)9-15/h2-9,12,21H,11H2,1H3,(H,20,22). The second kappa shape index (κ2) is 7.48. The van der Waals surface area contributed by atoms with Gasteiger partial charge >= 0.3 is 0 Å². The van der Waals surface area contributed by atoms with Gasteiger partial charge in [-0.05, 0) is 30.7 Å². The van der Waals surface area contributed by atoms with E-state index < -0.39 is 6.04 Å². The molecule has 4 nitrogen and oxygen atoms in total. The quantitative estimate of drug-likeness (QED) is 0.890. The van der Waals surface area contributed by atoms with Crippen molar-refractivity contribution in [3.63, 3.8) is 0 Å². The summed E-state index contributed by atoms with van der Waals surface area (Å²) < 4.78 is 0. The van der Waals surface area contributed by atoms with Crippen LogP contribution >= 0.6 is 11.6 Å². The van der Waals surface area contributed by atoms with Crippen molar-refractivity contribution in [1.82, 2.24) is 5.32 Å². The van der Waals surface area contributed by atoms with Crippen LogP contribution in [-0.2, 0) is 11.3 Å². The van der Waals surface area contributed by atoms with Crippen LogP contribution in [0, 0.1) is 11.3 Å². The first-order valence-corrected chi connectivity index (χ1v) is 7.26. The molecule has 2 N–H and O–H groups in total. The minimum atomic E-state index is -0.410. The predicted octanol–water partition coefficient (Wildman–Crippen LogP) is 3.33. The number of carbonyl (C=O) groups excluding carboxylic acids is 1. The van der Waals surface area contributed by atoms with Gasteiger partial charge in [-0.15, -0.1) is 0 Å². The van der Waals surface area contributed by atoms with E-state index in [4.69, 9.17) is 16.9 Å². The number of amides is 1. The van der Waals surface area contributed by atoms with E-state index in [1.54, 1.807) is 25.1 Å². The van der Waals surface area contributed by atoms with Crippen LogP contribution in [0.2, 0.25) is 5.02 Å². The number of anilines is 1. The molecule has 1 amide bonds. The van der Waals surface area contributed by atoms with E-state index in [1.807, 2.05) is 36.4 Å². The van der Waals surface area contributed by atoms with Gasteiger partial charge in [-0.2, -0.15) is 5.26 Å². The highest BCUT2D eigenvalue weighted by atomic mass is 35.5. The Bertz CT molecular complexity index is 695. The Kier molecular flexibility index (Phi) is 5.40. The van der Waals surface area contributed by atoms with E-state index in [-0.39, 0.29) is 5.91 Å². The number of rotatable bonds is 5. The lowest BCUT2D eigenvalue weighted by Gasteiger charge is -2.15. The average Bonchev–Trinajstić information content (AvgIpc) is 2.53. The van der Waals surface area contributed by atoms with Gasteiger partial charge in [-0.3, -0.25) is 4.79 Å². The van der Waals surface area contributed by atoms with Gasteiger partial charge in [0.25, 0.3) is 0 Å². The maximum absolute atomic E-state index is 12.1. The molecule has 1 atom stereocenters. The van der Waals surface area contributed by atoms with Crippen LogP contribution in [0.5, 0.6) is 0 Å². The summed E-state index contributed by atoms with van der Waals surface area (Å²) in [5, 5.41) is 15.1. The summed E-state index contributed by atoms with van der Waals surface area (Å²) in [6.07, 6.45) is 0. The second-order valence-corrected chi connectivity index (χ2v) is 5.28. The molecule has 1 unspecified atom stereocenters. The van der Waals surface area contributed by atoms with E-state index in [0.29, 0.717) is 22.8 Å². The van der Waals surface area contributed by atoms with Gasteiger partial charge in [0.2, 0.25) is 5.91 Å². The van der Waals surface area contributed by atoms with Crippen LogP contribution in [0.1, 0.15) is 18.1 Å². The molecule has 0 heterocycles. The SMILES string of the molecule is CC(Nc1ccc(C#N)c(Cl)c1)C(=O)NCc1ccccc1. The van der Waals surface area contributed by atoms with Crippen molar-refractivity contribution >= 4 is 23.2 Å². The molecule has 0 aromatic heterocycles. The predicted molar refractivity (Wildman–Crippen MR) is 87.5 cm³/mol. The summed E-state index contributed by atoms with van der Waals surface area (Å²) in [7, 11) is 0. The third kappa shape index (κ3) is 4.24. The van der Waals surface area contributed by atoms with Crippen LogP contribution in [0.15, 0.2) is 48.5 Å². The number of halogens is 1. The maximum Gasteiger partial charge on any atom is 0.242 e. The molecule has 0 aliphatic heterocycles.